The third kappa shape index (κ3) is 6.49. The molecule has 3 nitrogen and oxygen atoms in total. The predicted octanol–water partition coefficient (Wildman–Crippen LogP) is 17.2. The molecular formula is C68H64BN3S. The molecule has 0 atom stereocenters. The Morgan fingerprint density at radius 2 is 1.05 bits per heavy atom. The average molecular weight is 966 g/mol. The van der Waals surface area contributed by atoms with Gasteiger partial charge in [-0.25, -0.2) is 0 Å². The summed E-state index contributed by atoms with van der Waals surface area (Å²) in [5, 5.41) is 3.86. The topological polar surface area (TPSA) is 11.4 Å². The number of nitrogens with zero attached hydrogens (tertiary/aromatic N) is 3. The summed E-state index contributed by atoms with van der Waals surface area (Å²) < 4.78 is 5.29. The third-order valence-corrected chi connectivity index (χ3v) is 18.6. The molecule has 73 heavy (non-hydrogen) atoms. The van der Waals surface area contributed by atoms with Crippen molar-refractivity contribution < 1.29 is 0 Å². The number of fused-ring (bicyclic) bond motifs is 14. The van der Waals surface area contributed by atoms with Crippen LogP contribution in [0.1, 0.15) is 122 Å². The van der Waals surface area contributed by atoms with Crippen molar-refractivity contribution in [3.05, 3.63) is 192 Å². The lowest BCUT2D eigenvalue weighted by Crippen LogP contribution is -2.60. The highest BCUT2D eigenvalue weighted by Gasteiger charge is 2.49. The molecule has 2 aliphatic carbocycles. The van der Waals surface area contributed by atoms with Crippen molar-refractivity contribution in [1.82, 2.24) is 4.57 Å². The van der Waals surface area contributed by atoms with Gasteiger partial charge in [0.1, 0.15) is 0 Å². The van der Waals surface area contributed by atoms with Crippen LogP contribution in [0, 0.1) is 0 Å². The summed E-state index contributed by atoms with van der Waals surface area (Å²) in [6.07, 6.45) is 6.22. The Hall–Kier alpha value is -6.82. The molecule has 4 heterocycles. The van der Waals surface area contributed by atoms with Gasteiger partial charge in [0.15, 0.2) is 0 Å². The summed E-state index contributed by atoms with van der Waals surface area (Å²) in [5.41, 5.74) is 23.7. The van der Waals surface area contributed by atoms with Crippen LogP contribution in [0.5, 0.6) is 0 Å². The number of hydrogen-bond donors (Lipinski definition) is 0. The second-order valence-corrected chi connectivity index (χ2v) is 25.9. The summed E-state index contributed by atoms with van der Waals surface area (Å²) >= 11 is 2.00. The second kappa shape index (κ2) is 15.6. The Balaban J connectivity index is 1.15. The second-order valence-electron chi connectivity index (χ2n) is 24.9. The Kier molecular flexibility index (Phi) is 9.59. The van der Waals surface area contributed by atoms with E-state index in [2.05, 4.69) is 240 Å². The maximum Gasteiger partial charge on any atom is 0.264 e. The minimum atomic E-state index is -0.0518. The zero-order valence-electron chi connectivity index (χ0n) is 44.0. The van der Waals surface area contributed by atoms with Gasteiger partial charge in [0.2, 0.25) is 0 Å². The van der Waals surface area contributed by atoms with Gasteiger partial charge in [-0.2, -0.15) is 0 Å². The normalized spacial score (nSPS) is 15.8. The van der Waals surface area contributed by atoms with Gasteiger partial charge in [-0.1, -0.05) is 185 Å². The number of benzene rings is 8. The molecule has 0 amide bonds. The number of thiophene rings is 1. The molecule has 0 unspecified atom stereocenters. The van der Waals surface area contributed by atoms with Crippen LogP contribution >= 0.6 is 11.3 Å². The Morgan fingerprint density at radius 1 is 0.466 bits per heavy atom. The van der Waals surface area contributed by atoms with E-state index in [9.17, 15) is 0 Å². The molecular weight excluding hydrogens is 902 g/mol. The standard InChI is InChI=1S/C68H64BN3S/c1-65(2,3)42-28-32-45(33-29-42)71-58-40-46(70-54-25-15-12-20-47(54)48-21-13-16-26-55(48)70)41-59-62(58)69(64-63(71)50-38-43(66(4,5)6)31-35-60(50)73-64)53-39-44(67(7,8)9)30-34-56(53)72(59)57-27-19-24-52-61(57)49-22-11-14-23-51(49)68(52)36-17-10-18-37-68/h11-16,19-35,38-41H,10,17-18,36-37H2,1-9H3. The molecule has 0 N–H and O–H groups in total. The van der Waals surface area contributed by atoms with Gasteiger partial charge in [0.05, 0.1) is 28.1 Å². The lowest BCUT2D eigenvalue weighted by molar-refractivity contribution is 0.353. The van der Waals surface area contributed by atoms with Crippen LogP contribution in [0.25, 0.3) is 48.7 Å². The third-order valence-electron chi connectivity index (χ3n) is 17.4. The lowest BCUT2D eigenvalue weighted by atomic mass is 9.36. The quantitative estimate of drug-likeness (QED) is 0.164. The largest absolute Gasteiger partial charge is 0.311 e. The molecule has 1 fully saturated rings. The van der Waals surface area contributed by atoms with Gasteiger partial charge >= 0.3 is 0 Å². The number of anilines is 6. The Morgan fingerprint density at radius 3 is 1.74 bits per heavy atom. The number of rotatable bonds is 3. The van der Waals surface area contributed by atoms with Gasteiger partial charge in [-0.05, 0) is 134 Å². The minimum Gasteiger partial charge on any atom is -0.311 e. The van der Waals surface area contributed by atoms with E-state index in [0.29, 0.717) is 0 Å². The first-order valence-corrected chi connectivity index (χ1v) is 27.7. The molecule has 2 aromatic heterocycles. The minimum absolute atomic E-state index is 0.00457. The highest BCUT2D eigenvalue weighted by Crippen LogP contribution is 2.60. The maximum absolute atomic E-state index is 2.73. The highest BCUT2D eigenvalue weighted by molar-refractivity contribution is 7.33. The van der Waals surface area contributed by atoms with E-state index in [1.807, 2.05) is 11.3 Å². The zero-order valence-corrected chi connectivity index (χ0v) is 44.8. The van der Waals surface area contributed by atoms with E-state index in [1.165, 1.54) is 153 Å². The molecule has 8 aromatic carbocycles. The van der Waals surface area contributed by atoms with E-state index < -0.39 is 0 Å². The molecule has 1 spiro atoms. The van der Waals surface area contributed by atoms with Crippen LogP contribution in [0.3, 0.4) is 0 Å². The first-order valence-electron chi connectivity index (χ1n) is 26.9. The molecule has 10 aromatic rings. The highest BCUT2D eigenvalue weighted by atomic mass is 32.1. The molecule has 1 saturated carbocycles. The van der Waals surface area contributed by atoms with Crippen molar-refractivity contribution in [1.29, 1.82) is 0 Å². The molecule has 2 aliphatic heterocycles. The van der Waals surface area contributed by atoms with Gasteiger partial charge in [-0.15, -0.1) is 11.3 Å². The van der Waals surface area contributed by atoms with E-state index in [-0.39, 0.29) is 28.4 Å². The van der Waals surface area contributed by atoms with Gasteiger partial charge in [0.25, 0.3) is 6.71 Å². The molecule has 14 rings (SSSR count). The van der Waals surface area contributed by atoms with Crippen molar-refractivity contribution >= 4 is 99.8 Å². The predicted molar refractivity (Wildman–Crippen MR) is 316 cm³/mol. The van der Waals surface area contributed by atoms with Crippen LogP contribution in [0.4, 0.5) is 34.1 Å². The summed E-state index contributed by atoms with van der Waals surface area (Å²) in [5.74, 6) is 0. The molecule has 360 valence electrons. The van der Waals surface area contributed by atoms with Crippen molar-refractivity contribution in [3.8, 4) is 16.8 Å². The summed E-state index contributed by atoms with van der Waals surface area (Å²) in [6.45, 7) is 21.1. The van der Waals surface area contributed by atoms with Crippen LogP contribution in [0.2, 0.25) is 0 Å². The van der Waals surface area contributed by atoms with Crippen molar-refractivity contribution in [2.45, 2.75) is 116 Å². The van der Waals surface area contributed by atoms with E-state index in [0.717, 1.165) is 5.69 Å². The van der Waals surface area contributed by atoms with Crippen molar-refractivity contribution in [3.63, 3.8) is 0 Å². The van der Waals surface area contributed by atoms with Gasteiger partial charge in [0, 0.05) is 59.4 Å². The number of hydrogen-bond acceptors (Lipinski definition) is 3. The van der Waals surface area contributed by atoms with Crippen LogP contribution in [0.15, 0.2) is 164 Å². The molecule has 0 saturated heterocycles. The summed E-state index contributed by atoms with van der Waals surface area (Å²) in [6, 6.07) is 64.3. The van der Waals surface area contributed by atoms with Crippen LogP contribution in [-0.2, 0) is 21.7 Å². The molecule has 0 bridgehead atoms. The summed E-state index contributed by atoms with van der Waals surface area (Å²) in [4.78, 5) is 5.40. The first-order chi connectivity index (χ1) is 35.1. The first kappa shape index (κ1) is 44.9. The maximum atomic E-state index is 2.73. The monoisotopic (exact) mass is 965 g/mol. The number of aromatic nitrogens is 1. The SMILES string of the molecule is CC(C)(C)c1ccc(N2c3cc(-n4c5ccccc5c5ccccc54)cc4c3B(c3cc(C(C)(C)C)ccc3N4c3cccc4c3-c3ccccc3C43CCCCC3)c3sc4ccc(C(C)(C)C)cc4c32)cc1. The number of para-hydroxylation sites is 2. The van der Waals surface area contributed by atoms with Gasteiger partial charge in [-0.3, -0.25) is 0 Å². The average Bonchev–Trinajstić information content (AvgIpc) is 4.03. The Labute approximate surface area is 436 Å². The van der Waals surface area contributed by atoms with Crippen molar-refractivity contribution in [2.75, 3.05) is 9.80 Å². The van der Waals surface area contributed by atoms with Crippen molar-refractivity contribution in [2.24, 2.45) is 0 Å². The van der Waals surface area contributed by atoms with E-state index >= 15 is 0 Å². The van der Waals surface area contributed by atoms with E-state index in [1.54, 1.807) is 0 Å². The molecule has 0 radical (unpaired) electrons. The lowest BCUT2D eigenvalue weighted by Gasteiger charge is -2.44. The fourth-order valence-corrected chi connectivity index (χ4v) is 15.0. The van der Waals surface area contributed by atoms with Crippen LogP contribution in [-0.4, -0.2) is 11.3 Å². The molecule has 4 aliphatic rings. The fourth-order valence-electron chi connectivity index (χ4n) is 13.7. The Bertz CT molecular complexity index is 3860. The summed E-state index contributed by atoms with van der Waals surface area (Å²) in [7, 11) is 0. The fraction of sp³-hybridized carbons (Fsp3) is 0.265. The van der Waals surface area contributed by atoms with Crippen LogP contribution < -0.4 is 25.5 Å². The zero-order chi connectivity index (χ0) is 49.9. The smallest absolute Gasteiger partial charge is 0.264 e. The van der Waals surface area contributed by atoms with E-state index in [4.69, 9.17) is 0 Å². The van der Waals surface area contributed by atoms with Gasteiger partial charge < -0.3 is 14.4 Å². The molecule has 5 heteroatoms.